The Labute approximate surface area is 89.4 Å². The molecule has 0 saturated carbocycles. The number of ether oxygens (including phenoxy) is 1. The summed E-state index contributed by atoms with van der Waals surface area (Å²) in [6, 6.07) is 3.64. The van der Waals surface area contributed by atoms with Gasteiger partial charge in [0.05, 0.1) is 18.5 Å². The van der Waals surface area contributed by atoms with Gasteiger partial charge >= 0.3 is 0 Å². The second-order valence-corrected chi connectivity index (χ2v) is 3.20. The van der Waals surface area contributed by atoms with E-state index in [0.717, 1.165) is 17.9 Å². The van der Waals surface area contributed by atoms with Crippen LogP contribution in [0.1, 0.15) is 12.1 Å². The lowest BCUT2D eigenvalue weighted by molar-refractivity contribution is 0.400. The Balaban J connectivity index is 2.79. The number of pyridine rings is 1. The highest BCUT2D eigenvalue weighted by atomic mass is 32.1. The summed E-state index contributed by atoms with van der Waals surface area (Å²) >= 11 is 4.11. The second-order valence-electron chi connectivity index (χ2n) is 2.75. The summed E-state index contributed by atoms with van der Waals surface area (Å²) in [4.78, 5) is 4.20. The number of nitrogens with two attached hydrogens (primary N) is 1. The van der Waals surface area contributed by atoms with E-state index >= 15 is 0 Å². The number of allylic oxidation sites excluding steroid dienone is 1. The number of thiol groups is 1. The average Bonchev–Trinajstić information content (AvgIpc) is 2.21. The Morgan fingerprint density at radius 2 is 2.36 bits per heavy atom. The van der Waals surface area contributed by atoms with Crippen LogP contribution in [0.3, 0.4) is 0 Å². The minimum Gasteiger partial charge on any atom is -0.480 e. The molecule has 14 heavy (non-hydrogen) atoms. The van der Waals surface area contributed by atoms with Crippen LogP contribution in [-0.4, -0.2) is 17.8 Å². The molecule has 0 radical (unpaired) electrons. The Morgan fingerprint density at radius 1 is 1.57 bits per heavy atom. The summed E-state index contributed by atoms with van der Waals surface area (Å²) in [6.07, 6.45) is 4.88. The van der Waals surface area contributed by atoms with Crippen molar-refractivity contribution in [2.45, 2.75) is 6.42 Å². The molecule has 0 spiro atoms. The zero-order valence-electron chi connectivity index (χ0n) is 8.10. The van der Waals surface area contributed by atoms with Gasteiger partial charge in [-0.2, -0.15) is 12.6 Å². The normalized spacial score (nSPS) is 10.7. The number of anilines is 1. The van der Waals surface area contributed by atoms with E-state index in [1.807, 2.05) is 18.2 Å². The fourth-order valence-corrected chi connectivity index (χ4v) is 1.15. The van der Waals surface area contributed by atoms with E-state index in [0.29, 0.717) is 11.6 Å². The standard InChI is InChI=1S/C10H14N2OS/c1-13-10-9(11)6-5-8(12-10)4-2-3-7-14/h2,4-6,14H,3,7,11H2,1H3. The number of nitrogen functional groups attached to an aromatic ring is 1. The quantitative estimate of drug-likeness (QED) is 0.747. The van der Waals surface area contributed by atoms with Crippen molar-refractivity contribution in [1.29, 1.82) is 0 Å². The summed E-state index contributed by atoms with van der Waals surface area (Å²) in [5.74, 6) is 1.31. The van der Waals surface area contributed by atoms with Crippen molar-refractivity contribution in [2.24, 2.45) is 0 Å². The predicted octanol–water partition coefficient (Wildman–Crippen LogP) is 2.01. The van der Waals surface area contributed by atoms with Crippen LogP contribution in [-0.2, 0) is 0 Å². The molecule has 76 valence electrons. The van der Waals surface area contributed by atoms with E-state index in [1.165, 1.54) is 0 Å². The van der Waals surface area contributed by atoms with Gasteiger partial charge in [0.15, 0.2) is 0 Å². The highest BCUT2D eigenvalue weighted by molar-refractivity contribution is 7.80. The van der Waals surface area contributed by atoms with Crippen LogP contribution in [0.2, 0.25) is 0 Å². The molecular weight excluding hydrogens is 196 g/mol. The molecule has 4 heteroatoms. The van der Waals surface area contributed by atoms with E-state index < -0.39 is 0 Å². The minimum absolute atomic E-state index is 0.470. The Hall–Kier alpha value is -1.16. The van der Waals surface area contributed by atoms with Gasteiger partial charge in [0.2, 0.25) is 5.88 Å². The first-order chi connectivity index (χ1) is 6.77. The van der Waals surface area contributed by atoms with Gasteiger partial charge < -0.3 is 10.5 Å². The molecule has 2 N–H and O–H groups in total. The monoisotopic (exact) mass is 210 g/mol. The molecule has 1 heterocycles. The van der Waals surface area contributed by atoms with Gasteiger partial charge in [-0.3, -0.25) is 0 Å². The minimum atomic E-state index is 0.470. The lowest BCUT2D eigenvalue weighted by Crippen LogP contribution is -1.96. The Morgan fingerprint density at radius 3 is 3.00 bits per heavy atom. The van der Waals surface area contributed by atoms with Gasteiger partial charge in [0.25, 0.3) is 0 Å². The maximum absolute atomic E-state index is 5.63. The van der Waals surface area contributed by atoms with Crippen molar-refractivity contribution in [3.8, 4) is 5.88 Å². The number of hydrogen-bond donors (Lipinski definition) is 2. The topological polar surface area (TPSA) is 48.1 Å². The molecule has 0 amide bonds. The SMILES string of the molecule is COc1nc(C=CCCS)ccc1N. The van der Waals surface area contributed by atoms with Crippen molar-refractivity contribution in [3.63, 3.8) is 0 Å². The average molecular weight is 210 g/mol. The Bertz CT molecular complexity index is 326. The summed E-state index contributed by atoms with van der Waals surface area (Å²) in [7, 11) is 1.56. The molecular formula is C10H14N2OS. The first kappa shape index (κ1) is 10.9. The van der Waals surface area contributed by atoms with Gasteiger partial charge in [-0.05, 0) is 30.4 Å². The molecule has 0 bridgehead atoms. The molecule has 0 atom stereocenters. The van der Waals surface area contributed by atoms with Gasteiger partial charge in [-0.15, -0.1) is 0 Å². The lowest BCUT2D eigenvalue weighted by Gasteiger charge is -2.03. The third-order valence-electron chi connectivity index (χ3n) is 1.69. The van der Waals surface area contributed by atoms with Crippen LogP contribution >= 0.6 is 12.6 Å². The smallest absolute Gasteiger partial charge is 0.237 e. The van der Waals surface area contributed by atoms with Crippen molar-refractivity contribution in [1.82, 2.24) is 4.98 Å². The summed E-state index contributed by atoms with van der Waals surface area (Å²) in [6.45, 7) is 0. The van der Waals surface area contributed by atoms with Crippen LogP contribution in [0.5, 0.6) is 5.88 Å². The van der Waals surface area contributed by atoms with Crippen LogP contribution in [0, 0.1) is 0 Å². The molecule has 1 aromatic heterocycles. The lowest BCUT2D eigenvalue weighted by atomic mass is 10.3. The largest absolute Gasteiger partial charge is 0.480 e. The predicted molar refractivity (Wildman–Crippen MR) is 62.7 cm³/mol. The molecule has 1 rings (SSSR count). The first-order valence-corrected chi connectivity index (χ1v) is 4.99. The van der Waals surface area contributed by atoms with Crippen molar-refractivity contribution < 1.29 is 4.74 Å². The van der Waals surface area contributed by atoms with Crippen LogP contribution in [0.25, 0.3) is 6.08 Å². The molecule has 0 aliphatic carbocycles. The number of rotatable bonds is 4. The highest BCUT2D eigenvalue weighted by Gasteiger charge is 1.99. The van der Waals surface area contributed by atoms with Crippen molar-refractivity contribution >= 4 is 24.4 Å². The molecule has 0 fully saturated rings. The summed E-state index contributed by atoms with van der Waals surface area (Å²) in [5, 5.41) is 0. The van der Waals surface area contributed by atoms with Crippen molar-refractivity contribution in [2.75, 3.05) is 18.6 Å². The molecule has 1 aromatic rings. The molecule has 0 unspecified atom stereocenters. The van der Waals surface area contributed by atoms with Crippen LogP contribution in [0.15, 0.2) is 18.2 Å². The zero-order chi connectivity index (χ0) is 10.4. The second kappa shape index (κ2) is 5.54. The third kappa shape index (κ3) is 2.96. The number of nitrogens with zero attached hydrogens (tertiary/aromatic N) is 1. The fraction of sp³-hybridized carbons (Fsp3) is 0.300. The number of aromatic nitrogens is 1. The Kier molecular flexibility index (Phi) is 4.32. The molecule has 0 aliphatic heterocycles. The van der Waals surface area contributed by atoms with E-state index in [4.69, 9.17) is 10.5 Å². The van der Waals surface area contributed by atoms with Gasteiger partial charge in [0, 0.05) is 0 Å². The maximum Gasteiger partial charge on any atom is 0.237 e. The fourth-order valence-electron chi connectivity index (χ4n) is 1.00. The van der Waals surface area contributed by atoms with Gasteiger partial charge in [0.1, 0.15) is 0 Å². The molecule has 3 nitrogen and oxygen atoms in total. The van der Waals surface area contributed by atoms with Crippen LogP contribution in [0.4, 0.5) is 5.69 Å². The third-order valence-corrected chi connectivity index (χ3v) is 1.95. The number of hydrogen-bond acceptors (Lipinski definition) is 4. The van der Waals surface area contributed by atoms with Gasteiger partial charge in [-0.25, -0.2) is 4.98 Å². The summed E-state index contributed by atoms with van der Waals surface area (Å²) < 4.78 is 5.01. The van der Waals surface area contributed by atoms with E-state index in [1.54, 1.807) is 13.2 Å². The summed E-state index contributed by atoms with van der Waals surface area (Å²) in [5.41, 5.74) is 7.03. The van der Waals surface area contributed by atoms with Crippen LogP contribution < -0.4 is 10.5 Å². The van der Waals surface area contributed by atoms with Gasteiger partial charge in [-0.1, -0.05) is 6.08 Å². The highest BCUT2D eigenvalue weighted by Crippen LogP contribution is 2.18. The van der Waals surface area contributed by atoms with E-state index in [2.05, 4.69) is 17.6 Å². The maximum atomic E-state index is 5.63. The first-order valence-electron chi connectivity index (χ1n) is 4.36. The number of methoxy groups -OCH3 is 1. The van der Waals surface area contributed by atoms with Crippen molar-refractivity contribution in [3.05, 3.63) is 23.9 Å². The van der Waals surface area contributed by atoms with E-state index in [-0.39, 0.29) is 0 Å². The molecule has 0 saturated heterocycles. The molecule has 0 aliphatic rings. The van der Waals surface area contributed by atoms with E-state index in [9.17, 15) is 0 Å². The molecule has 0 aromatic carbocycles. The zero-order valence-corrected chi connectivity index (χ0v) is 9.00.